The number of halogens is 1. The van der Waals surface area contributed by atoms with Crippen LogP contribution in [-0.2, 0) is 6.61 Å². The van der Waals surface area contributed by atoms with Gasteiger partial charge in [-0.2, -0.15) is 5.26 Å². The van der Waals surface area contributed by atoms with Crippen molar-refractivity contribution in [1.82, 2.24) is 4.98 Å². The van der Waals surface area contributed by atoms with E-state index in [2.05, 4.69) is 11.1 Å². The molecule has 0 fully saturated rings. The van der Waals surface area contributed by atoms with E-state index in [1.54, 1.807) is 43.3 Å². The van der Waals surface area contributed by atoms with E-state index in [0.29, 0.717) is 45.7 Å². The number of aromatic amines is 1. The van der Waals surface area contributed by atoms with Gasteiger partial charge < -0.3 is 24.9 Å². The van der Waals surface area contributed by atoms with Gasteiger partial charge in [0.2, 0.25) is 5.88 Å². The summed E-state index contributed by atoms with van der Waals surface area (Å²) in [6.07, 6.45) is 0. The molecule has 0 aliphatic carbocycles. The Morgan fingerprint density at radius 2 is 1.94 bits per heavy atom. The Hall–Kier alpha value is -3.89. The summed E-state index contributed by atoms with van der Waals surface area (Å²) >= 11 is 5.93. The van der Waals surface area contributed by atoms with E-state index in [0.717, 1.165) is 5.56 Å². The average Bonchev–Trinajstić information content (AvgIpc) is 2.77. The third-order valence-corrected chi connectivity index (χ3v) is 5.43. The van der Waals surface area contributed by atoms with Crippen molar-refractivity contribution in [2.24, 2.45) is 5.73 Å². The summed E-state index contributed by atoms with van der Waals surface area (Å²) in [5.41, 5.74) is 8.37. The van der Waals surface area contributed by atoms with Crippen molar-refractivity contribution in [2.45, 2.75) is 19.4 Å². The topological polar surface area (TPSA) is 110 Å². The van der Waals surface area contributed by atoms with Crippen LogP contribution in [0.4, 0.5) is 0 Å². The molecule has 2 aromatic carbocycles. The lowest BCUT2D eigenvalue weighted by molar-refractivity contribution is 0.284. The van der Waals surface area contributed by atoms with E-state index >= 15 is 0 Å². The number of aromatic nitrogens is 1. The molecule has 4 rings (SSSR count). The summed E-state index contributed by atoms with van der Waals surface area (Å²) in [4.78, 5) is 15.5. The molecule has 1 unspecified atom stereocenters. The average molecular weight is 450 g/mol. The first-order valence-electron chi connectivity index (χ1n) is 9.78. The fourth-order valence-electron chi connectivity index (χ4n) is 3.66. The molecular formula is C24H20ClN3O4. The van der Waals surface area contributed by atoms with Gasteiger partial charge in [-0.25, -0.2) is 0 Å². The molecule has 0 amide bonds. The summed E-state index contributed by atoms with van der Waals surface area (Å²) < 4.78 is 17.0. The summed E-state index contributed by atoms with van der Waals surface area (Å²) in [5, 5.41) is 10.4. The Morgan fingerprint density at radius 3 is 2.62 bits per heavy atom. The summed E-state index contributed by atoms with van der Waals surface area (Å²) in [6.45, 7) is 2.07. The van der Waals surface area contributed by atoms with Gasteiger partial charge in [0.25, 0.3) is 5.56 Å². The molecule has 0 saturated carbocycles. The van der Waals surface area contributed by atoms with Crippen LogP contribution in [0.5, 0.6) is 17.2 Å². The lowest BCUT2D eigenvalue weighted by atomic mass is 9.84. The Bertz CT molecular complexity index is 1310. The molecule has 32 heavy (non-hydrogen) atoms. The number of nitrogens with zero attached hydrogens (tertiary/aromatic N) is 1. The maximum absolute atomic E-state index is 12.8. The molecular weight excluding hydrogens is 430 g/mol. The van der Waals surface area contributed by atoms with Crippen LogP contribution in [0, 0.1) is 18.3 Å². The minimum atomic E-state index is -0.702. The second-order valence-corrected chi connectivity index (χ2v) is 7.75. The molecule has 162 valence electrons. The number of methoxy groups -OCH3 is 1. The van der Waals surface area contributed by atoms with Crippen LogP contribution in [0.25, 0.3) is 0 Å². The fraction of sp³-hybridized carbons (Fsp3) is 0.167. The highest BCUT2D eigenvalue weighted by Crippen LogP contribution is 2.42. The number of pyridine rings is 1. The van der Waals surface area contributed by atoms with Crippen LogP contribution >= 0.6 is 11.6 Å². The van der Waals surface area contributed by atoms with E-state index in [1.165, 1.54) is 7.11 Å². The second-order valence-electron chi connectivity index (χ2n) is 7.31. The third-order valence-electron chi connectivity index (χ3n) is 5.18. The van der Waals surface area contributed by atoms with Crippen molar-refractivity contribution in [3.05, 3.63) is 97.7 Å². The molecule has 0 saturated heterocycles. The first-order valence-corrected chi connectivity index (χ1v) is 10.2. The molecule has 3 aromatic rings. The Labute approximate surface area is 189 Å². The maximum atomic E-state index is 12.8. The van der Waals surface area contributed by atoms with E-state index < -0.39 is 5.92 Å². The normalized spacial score (nSPS) is 14.9. The zero-order chi connectivity index (χ0) is 22.8. The minimum Gasteiger partial charge on any atom is -0.493 e. The molecule has 1 aliphatic rings. The third kappa shape index (κ3) is 4.01. The van der Waals surface area contributed by atoms with Crippen molar-refractivity contribution < 1.29 is 14.2 Å². The van der Waals surface area contributed by atoms with Crippen LogP contribution in [0.15, 0.2) is 64.8 Å². The Kier molecular flexibility index (Phi) is 5.80. The number of nitrogens with one attached hydrogen (secondary N) is 1. The number of aryl methyl sites for hydroxylation is 1. The minimum absolute atomic E-state index is 0.0305. The van der Waals surface area contributed by atoms with Crippen molar-refractivity contribution in [3.8, 4) is 23.3 Å². The monoisotopic (exact) mass is 449 g/mol. The van der Waals surface area contributed by atoms with Crippen LogP contribution < -0.4 is 25.5 Å². The van der Waals surface area contributed by atoms with Gasteiger partial charge in [-0.05, 0) is 42.3 Å². The number of benzene rings is 2. The van der Waals surface area contributed by atoms with Crippen molar-refractivity contribution in [3.63, 3.8) is 0 Å². The van der Waals surface area contributed by atoms with Crippen LogP contribution in [0.3, 0.4) is 0 Å². The van der Waals surface area contributed by atoms with Gasteiger partial charge in [-0.1, -0.05) is 29.8 Å². The largest absolute Gasteiger partial charge is 0.493 e. The summed E-state index contributed by atoms with van der Waals surface area (Å²) in [5.74, 6) is 0.579. The van der Waals surface area contributed by atoms with Crippen LogP contribution in [0.2, 0.25) is 5.02 Å². The standard InChI is InChI=1S/C24H20ClN3O4/c1-13-9-20-22(24(29)28-13)21(17(11-26)23(27)32-20)15-5-8-18(19(10-15)30-2)31-12-14-3-6-16(25)7-4-14/h3-10,21H,12,27H2,1-2H3,(H,28,29). The number of allylic oxidation sites excluding steroid dienone is 1. The second kappa shape index (κ2) is 8.69. The highest BCUT2D eigenvalue weighted by molar-refractivity contribution is 6.30. The Morgan fingerprint density at radius 1 is 1.19 bits per heavy atom. The van der Waals surface area contributed by atoms with Crippen molar-refractivity contribution in [1.29, 1.82) is 5.26 Å². The predicted octanol–water partition coefficient (Wildman–Crippen LogP) is 4.14. The van der Waals surface area contributed by atoms with E-state index in [-0.39, 0.29) is 17.0 Å². The summed E-state index contributed by atoms with van der Waals surface area (Å²) in [6, 6.07) is 16.4. The van der Waals surface area contributed by atoms with E-state index in [9.17, 15) is 10.1 Å². The number of nitrogens with two attached hydrogens (primary N) is 1. The molecule has 1 aliphatic heterocycles. The molecule has 2 heterocycles. The SMILES string of the molecule is COc1cc(C2C(C#N)=C(N)Oc3cc(C)[nH]c(=O)c32)ccc1OCc1ccc(Cl)cc1. The first kappa shape index (κ1) is 21.3. The fourth-order valence-corrected chi connectivity index (χ4v) is 3.79. The number of nitriles is 1. The highest BCUT2D eigenvalue weighted by atomic mass is 35.5. The predicted molar refractivity (Wildman–Crippen MR) is 120 cm³/mol. The lowest BCUT2D eigenvalue weighted by Crippen LogP contribution is -2.28. The quantitative estimate of drug-likeness (QED) is 0.605. The smallest absolute Gasteiger partial charge is 0.256 e. The number of hydrogen-bond donors (Lipinski definition) is 2. The molecule has 1 aromatic heterocycles. The van der Waals surface area contributed by atoms with Gasteiger partial charge in [0, 0.05) is 16.8 Å². The van der Waals surface area contributed by atoms with Crippen molar-refractivity contribution in [2.75, 3.05) is 7.11 Å². The lowest BCUT2D eigenvalue weighted by Gasteiger charge is -2.26. The number of fused-ring (bicyclic) bond motifs is 1. The molecule has 3 N–H and O–H groups in total. The van der Waals surface area contributed by atoms with Crippen molar-refractivity contribution >= 4 is 11.6 Å². The first-order chi connectivity index (χ1) is 15.4. The van der Waals surface area contributed by atoms with Crippen LogP contribution in [0.1, 0.15) is 28.3 Å². The molecule has 1 atom stereocenters. The molecule has 0 spiro atoms. The van der Waals surface area contributed by atoms with Crippen LogP contribution in [-0.4, -0.2) is 12.1 Å². The number of rotatable bonds is 5. The van der Waals surface area contributed by atoms with Gasteiger partial charge in [-0.3, -0.25) is 4.79 Å². The van der Waals surface area contributed by atoms with Gasteiger partial charge >= 0.3 is 0 Å². The molecule has 7 nitrogen and oxygen atoms in total. The number of ether oxygens (including phenoxy) is 3. The Balaban J connectivity index is 1.73. The van der Waals surface area contributed by atoms with Gasteiger partial charge in [-0.15, -0.1) is 0 Å². The van der Waals surface area contributed by atoms with E-state index in [4.69, 9.17) is 31.5 Å². The zero-order valence-electron chi connectivity index (χ0n) is 17.4. The van der Waals surface area contributed by atoms with Gasteiger partial charge in [0.05, 0.1) is 18.6 Å². The molecule has 8 heteroatoms. The maximum Gasteiger partial charge on any atom is 0.256 e. The van der Waals surface area contributed by atoms with Gasteiger partial charge in [0.1, 0.15) is 24.0 Å². The highest BCUT2D eigenvalue weighted by Gasteiger charge is 2.33. The number of H-pyrrole nitrogens is 1. The summed E-state index contributed by atoms with van der Waals surface area (Å²) in [7, 11) is 1.53. The van der Waals surface area contributed by atoms with E-state index in [1.807, 2.05) is 12.1 Å². The molecule has 0 bridgehead atoms. The zero-order valence-corrected chi connectivity index (χ0v) is 18.2. The number of hydrogen-bond acceptors (Lipinski definition) is 6. The molecule has 0 radical (unpaired) electrons. The van der Waals surface area contributed by atoms with Gasteiger partial charge in [0.15, 0.2) is 11.5 Å².